The fourth-order valence-electron chi connectivity index (χ4n) is 3.22. The first-order valence-electron chi connectivity index (χ1n) is 9.48. The maximum absolute atomic E-state index is 9.64. The number of anilines is 1. The fraction of sp³-hybridized carbons (Fsp3) is 0.0400. The molecule has 4 nitrogen and oxygen atoms in total. The highest BCUT2D eigenvalue weighted by Crippen LogP contribution is 2.35. The van der Waals surface area contributed by atoms with Crippen molar-refractivity contribution in [3.8, 4) is 34.2 Å². The van der Waals surface area contributed by atoms with Crippen molar-refractivity contribution in [2.75, 3.05) is 5.73 Å². The predicted octanol–water partition coefficient (Wildman–Crippen LogP) is 6.76. The number of rotatable bonds is 5. The van der Waals surface area contributed by atoms with Gasteiger partial charge in [0.1, 0.15) is 29.8 Å². The highest BCUT2D eigenvalue weighted by Gasteiger charge is 2.15. The maximum atomic E-state index is 9.64. The van der Waals surface area contributed by atoms with Gasteiger partial charge in [0.25, 0.3) is 0 Å². The van der Waals surface area contributed by atoms with Gasteiger partial charge in [-0.25, -0.2) is 4.98 Å². The summed E-state index contributed by atoms with van der Waals surface area (Å²) in [5, 5.41) is 10.6. The number of hydrogen-bond donors (Lipinski definition) is 1. The van der Waals surface area contributed by atoms with Gasteiger partial charge in [-0.1, -0.05) is 65.7 Å². The number of aromatic nitrogens is 1. The molecule has 0 saturated carbocycles. The van der Waals surface area contributed by atoms with Gasteiger partial charge < -0.3 is 10.5 Å². The predicted molar refractivity (Wildman–Crippen MR) is 125 cm³/mol. The van der Waals surface area contributed by atoms with Gasteiger partial charge >= 0.3 is 0 Å². The number of ether oxygens (including phenoxy) is 1. The summed E-state index contributed by atoms with van der Waals surface area (Å²) >= 11 is 12.4. The minimum Gasteiger partial charge on any atom is -0.489 e. The molecule has 0 aliphatic carbocycles. The van der Waals surface area contributed by atoms with Crippen LogP contribution >= 0.6 is 23.2 Å². The lowest BCUT2D eigenvalue weighted by Gasteiger charge is -2.12. The Kier molecular flexibility index (Phi) is 6.08. The molecule has 0 unspecified atom stereocenters. The van der Waals surface area contributed by atoms with Crippen molar-refractivity contribution in [2.24, 2.45) is 0 Å². The molecular weight excluding hydrogens is 429 g/mol. The zero-order valence-electron chi connectivity index (χ0n) is 16.3. The van der Waals surface area contributed by atoms with Crippen molar-refractivity contribution in [1.82, 2.24) is 4.98 Å². The largest absolute Gasteiger partial charge is 0.489 e. The average molecular weight is 446 g/mol. The highest BCUT2D eigenvalue weighted by molar-refractivity contribution is 6.36. The van der Waals surface area contributed by atoms with E-state index < -0.39 is 0 Å². The normalized spacial score (nSPS) is 10.5. The molecule has 0 spiro atoms. The summed E-state index contributed by atoms with van der Waals surface area (Å²) < 4.78 is 5.85. The molecule has 0 aliphatic rings. The first-order chi connectivity index (χ1) is 15.0. The van der Waals surface area contributed by atoms with E-state index in [-0.39, 0.29) is 5.82 Å². The zero-order valence-corrected chi connectivity index (χ0v) is 17.9. The van der Waals surface area contributed by atoms with Gasteiger partial charge in [-0.05, 0) is 47.5 Å². The first kappa shape index (κ1) is 20.7. The molecule has 4 rings (SSSR count). The molecule has 6 heteroatoms. The first-order valence-corrected chi connectivity index (χ1v) is 10.2. The molecule has 1 aromatic heterocycles. The van der Waals surface area contributed by atoms with Crippen LogP contribution in [0.15, 0.2) is 78.9 Å². The minimum atomic E-state index is 0.144. The van der Waals surface area contributed by atoms with Crippen molar-refractivity contribution in [2.45, 2.75) is 6.61 Å². The van der Waals surface area contributed by atoms with Crippen LogP contribution in [0.5, 0.6) is 5.75 Å². The van der Waals surface area contributed by atoms with Crippen LogP contribution < -0.4 is 10.5 Å². The van der Waals surface area contributed by atoms with Crippen LogP contribution in [0.2, 0.25) is 10.0 Å². The maximum Gasteiger partial charge on any atom is 0.142 e. The molecule has 0 radical (unpaired) electrons. The summed E-state index contributed by atoms with van der Waals surface area (Å²) in [5.41, 5.74) is 10.3. The molecule has 31 heavy (non-hydrogen) atoms. The van der Waals surface area contributed by atoms with Crippen molar-refractivity contribution in [3.63, 3.8) is 0 Å². The lowest BCUT2D eigenvalue weighted by atomic mass is 9.98. The van der Waals surface area contributed by atoms with E-state index in [1.165, 1.54) is 0 Å². The lowest BCUT2D eigenvalue weighted by Crippen LogP contribution is -2.00. The van der Waals surface area contributed by atoms with Gasteiger partial charge in [-0.2, -0.15) is 5.26 Å². The Morgan fingerprint density at radius 2 is 1.65 bits per heavy atom. The van der Waals surface area contributed by atoms with Gasteiger partial charge in [0.05, 0.1) is 10.7 Å². The van der Waals surface area contributed by atoms with Crippen molar-refractivity contribution < 1.29 is 4.74 Å². The van der Waals surface area contributed by atoms with E-state index in [9.17, 15) is 5.26 Å². The van der Waals surface area contributed by atoms with E-state index in [2.05, 4.69) is 11.1 Å². The summed E-state index contributed by atoms with van der Waals surface area (Å²) in [6, 6.07) is 26.6. The number of nitrogens with two attached hydrogens (primary N) is 1. The molecule has 0 amide bonds. The van der Waals surface area contributed by atoms with Crippen LogP contribution in [0.25, 0.3) is 22.4 Å². The number of pyridine rings is 1. The monoisotopic (exact) mass is 445 g/mol. The van der Waals surface area contributed by atoms with Gasteiger partial charge in [0, 0.05) is 16.1 Å². The van der Waals surface area contributed by atoms with Crippen LogP contribution in [0.1, 0.15) is 11.1 Å². The zero-order chi connectivity index (χ0) is 21.8. The molecule has 2 N–H and O–H groups in total. The standard InChI is InChI=1S/C25H17Cl2N3O/c26-18-8-11-20(23(27)12-18)24-13-21(22(14-28)25(29)30-24)17-6-9-19(10-7-17)31-15-16-4-2-1-3-5-16/h1-13H,15H2,(H2,29,30). The van der Waals surface area contributed by atoms with Gasteiger partial charge in [0.15, 0.2) is 0 Å². The van der Waals surface area contributed by atoms with Crippen LogP contribution in [0, 0.1) is 11.3 Å². The summed E-state index contributed by atoms with van der Waals surface area (Å²) in [7, 11) is 0. The van der Waals surface area contributed by atoms with Crippen molar-refractivity contribution >= 4 is 29.0 Å². The number of halogens is 2. The topological polar surface area (TPSA) is 71.9 Å². The molecule has 3 aromatic carbocycles. The Balaban J connectivity index is 1.66. The number of nitrogens with zero attached hydrogens (tertiary/aromatic N) is 2. The second-order valence-corrected chi connectivity index (χ2v) is 7.69. The Bertz CT molecular complexity index is 1270. The smallest absolute Gasteiger partial charge is 0.142 e. The molecule has 0 fully saturated rings. The quantitative estimate of drug-likeness (QED) is 0.368. The number of nitrogen functional groups attached to an aromatic ring is 1. The molecule has 0 bridgehead atoms. The molecule has 0 atom stereocenters. The SMILES string of the molecule is N#Cc1c(-c2ccc(OCc3ccccc3)cc2)cc(-c2ccc(Cl)cc2Cl)nc1N. The fourth-order valence-corrected chi connectivity index (χ4v) is 3.72. The van der Waals surface area contributed by atoms with E-state index in [4.69, 9.17) is 33.7 Å². The molecule has 4 aromatic rings. The number of benzene rings is 3. The van der Waals surface area contributed by atoms with E-state index in [1.54, 1.807) is 18.2 Å². The van der Waals surface area contributed by atoms with E-state index in [0.717, 1.165) is 16.9 Å². The Morgan fingerprint density at radius 1 is 0.903 bits per heavy atom. The van der Waals surface area contributed by atoms with Gasteiger partial charge in [0.2, 0.25) is 0 Å². The van der Waals surface area contributed by atoms with Gasteiger partial charge in [-0.3, -0.25) is 0 Å². The average Bonchev–Trinajstić information content (AvgIpc) is 2.78. The minimum absolute atomic E-state index is 0.144. The van der Waals surface area contributed by atoms with Crippen LogP contribution in [-0.4, -0.2) is 4.98 Å². The second kappa shape index (κ2) is 9.09. The van der Waals surface area contributed by atoms with Crippen molar-refractivity contribution in [1.29, 1.82) is 5.26 Å². The summed E-state index contributed by atoms with van der Waals surface area (Å²) in [6.45, 7) is 0.477. The molecule has 152 valence electrons. The Hall–Kier alpha value is -3.52. The third-order valence-corrected chi connectivity index (χ3v) is 5.33. The Morgan fingerprint density at radius 3 is 2.32 bits per heavy atom. The third-order valence-electron chi connectivity index (χ3n) is 4.78. The summed E-state index contributed by atoms with van der Waals surface area (Å²) in [5.74, 6) is 0.875. The molecule has 1 heterocycles. The highest BCUT2D eigenvalue weighted by atomic mass is 35.5. The van der Waals surface area contributed by atoms with Crippen LogP contribution in [-0.2, 0) is 6.61 Å². The van der Waals surface area contributed by atoms with Crippen LogP contribution in [0.3, 0.4) is 0 Å². The van der Waals surface area contributed by atoms with E-state index in [0.29, 0.717) is 39.0 Å². The molecular formula is C25H17Cl2N3O. The molecule has 0 aliphatic heterocycles. The van der Waals surface area contributed by atoms with Gasteiger partial charge in [-0.15, -0.1) is 0 Å². The number of nitriles is 1. The lowest BCUT2D eigenvalue weighted by molar-refractivity contribution is 0.306. The van der Waals surface area contributed by atoms with Crippen molar-refractivity contribution in [3.05, 3.63) is 100 Å². The van der Waals surface area contributed by atoms with E-state index >= 15 is 0 Å². The van der Waals surface area contributed by atoms with Crippen LogP contribution in [0.4, 0.5) is 5.82 Å². The number of hydrogen-bond acceptors (Lipinski definition) is 4. The third kappa shape index (κ3) is 4.64. The van der Waals surface area contributed by atoms with E-state index in [1.807, 2.05) is 60.7 Å². The Labute approximate surface area is 190 Å². The summed E-state index contributed by atoms with van der Waals surface area (Å²) in [6.07, 6.45) is 0. The molecule has 0 saturated heterocycles. The second-order valence-electron chi connectivity index (χ2n) is 6.85. The summed E-state index contributed by atoms with van der Waals surface area (Å²) in [4.78, 5) is 4.37.